The maximum atomic E-state index is 14.0. The van der Waals surface area contributed by atoms with Gasteiger partial charge in [0.2, 0.25) is 0 Å². The van der Waals surface area contributed by atoms with Crippen molar-refractivity contribution in [3.05, 3.63) is 64.5 Å². The molecule has 1 N–H and O–H groups in total. The maximum absolute atomic E-state index is 14.0. The number of ether oxygens (including phenoxy) is 1. The van der Waals surface area contributed by atoms with Crippen molar-refractivity contribution in [1.82, 2.24) is 0 Å². The Hall–Kier alpha value is -1.87. The summed E-state index contributed by atoms with van der Waals surface area (Å²) in [6, 6.07) is 10.1. The van der Waals surface area contributed by atoms with Gasteiger partial charge in [0.05, 0.1) is 7.11 Å². The molecule has 3 heteroatoms. The minimum Gasteiger partial charge on any atom is -0.496 e. The molecule has 0 aliphatic carbocycles. The number of hydrogen-bond acceptors (Lipinski definition) is 2. The van der Waals surface area contributed by atoms with Crippen LogP contribution < -0.4 is 4.74 Å². The summed E-state index contributed by atoms with van der Waals surface area (Å²) >= 11 is 0. The van der Waals surface area contributed by atoms with Crippen LogP contribution in [0.15, 0.2) is 36.4 Å². The molecule has 0 amide bonds. The molecule has 2 aromatic carbocycles. The first-order valence-corrected chi connectivity index (χ1v) is 6.51. The fourth-order valence-electron chi connectivity index (χ4n) is 2.70. The monoisotopic (exact) mass is 274 g/mol. The molecule has 0 aliphatic rings. The van der Waals surface area contributed by atoms with Crippen molar-refractivity contribution in [2.75, 3.05) is 7.11 Å². The molecule has 0 spiro atoms. The van der Waals surface area contributed by atoms with Crippen molar-refractivity contribution in [3.63, 3.8) is 0 Å². The summed E-state index contributed by atoms with van der Waals surface area (Å²) in [5.74, 6) is 0.135. The minimum absolute atomic E-state index is 0.241. The number of methoxy groups -OCH3 is 1. The lowest BCUT2D eigenvalue weighted by Crippen LogP contribution is -2.26. The molecule has 2 nitrogen and oxygen atoms in total. The van der Waals surface area contributed by atoms with Crippen LogP contribution in [-0.4, -0.2) is 12.2 Å². The summed E-state index contributed by atoms with van der Waals surface area (Å²) in [7, 11) is 1.55. The highest BCUT2D eigenvalue weighted by Gasteiger charge is 2.33. The molecule has 0 radical (unpaired) electrons. The van der Waals surface area contributed by atoms with Crippen LogP contribution in [0.3, 0.4) is 0 Å². The van der Waals surface area contributed by atoms with E-state index in [2.05, 4.69) is 0 Å². The minimum atomic E-state index is -1.45. The van der Waals surface area contributed by atoms with Crippen LogP contribution in [0.25, 0.3) is 0 Å². The molecular formula is C17H19FO2. The summed E-state index contributed by atoms with van der Waals surface area (Å²) in [6.45, 7) is 5.43. The highest BCUT2D eigenvalue weighted by Crippen LogP contribution is 2.39. The van der Waals surface area contributed by atoms with E-state index in [0.717, 1.165) is 11.1 Å². The molecule has 1 unspecified atom stereocenters. The predicted molar refractivity (Wildman–Crippen MR) is 77.5 cm³/mol. The van der Waals surface area contributed by atoms with E-state index >= 15 is 0 Å². The number of rotatable bonds is 3. The van der Waals surface area contributed by atoms with Crippen molar-refractivity contribution >= 4 is 0 Å². The molecule has 2 aromatic rings. The van der Waals surface area contributed by atoms with Crippen molar-refractivity contribution in [2.45, 2.75) is 26.4 Å². The Bertz CT molecular complexity index is 633. The molecular weight excluding hydrogens is 255 g/mol. The van der Waals surface area contributed by atoms with Gasteiger partial charge in [-0.05, 0) is 44.0 Å². The highest BCUT2D eigenvalue weighted by molar-refractivity contribution is 5.50. The van der Waals surface area contributed by atoms with Crippen molar-refractivity contribution < 1.29 is 14.2 Å². The molecule has 106 valence electrons. The number of aryl methyl sites for hydroxylation is 2. The predicted octanol–water partition coefficient (Wildman–Crippen LogP) is 3.71. The van der Waals surface area contributed by atoms with Gasteiger partial charge in [0.1, 0.15) is 17.2 Å². The van der Waals surface area contributed by atoms with Gasteiger partial charge in [0.15, 0.2) is 0 Å². The van der Waals surface area contributed by atoms with Gasteiger partial charge < -0.3 is 9.84 Å². The third-order valence-electron chi connectivity index (χ3n) is 3.55. The first-order chi connectivity index (χ1) is 9.37. The second kappa shape index (κ2) is 5.25. The molecule has 2 rings (SSSR count). The normalized spacial score (nSPS) is 13.9. The standard InChI is InChI=1S/C17H19FO2/c1-11-9-12(2)16(15(10-11)20-4)17(3,19)13-7-5-6-8-14(13)18/h5-10,19H,1-4H3. The van der Waals surface area contributed by atoms with E-state index < -0.39 is 11.4 Å². The summed E-state index contributed by atoms with van der Waals surface area (Å²) in [4.78, 5) is 0. The van der Waals surface area contributed by atoms with E-state index in [1.165, 1.54) is 6.07 Å². The maximum Gasteiger partial charge on any atom is 0.129 e. The zero-order chi connectivity index (χ0) is 14.9. The average Bonchev–Trinajstić information content (AvgIpc) is 2.37. The van der Waals surface area contributed by atoms with Gasteiger partial charge >= 0.3 is 0 Å². The van der Waals surface area contributed by atoms with Gasteiger partial charge in [-0.15, -0.1) is 0 Å². The Kier molecular flexibility index (Phi) is 3.82. The molecule has 0 aromatic heterocycles. The summed E-state index contributed by atoms with van der Waals surface area (Å²) < 4.78 is 19.4. The van der Waals surface area contributed by atoms with Gasteiger partial charge in [-0.25, -0.2) is 4.39 Å². The zero-order valence-electron chi connectivity index (χ0n) is 12.2. The van der Waals surface area contributed by atoms with Crippen LogP contribution in [0.1, 0.15) is 29.2 Å². The summed E-state index contributed by atoms with van der Waals surface area (Å²) in [5.41, 5.74) is 1.29. The van der Waals surface area contributed by atoms with Crippen LogP contribution in [0, 0.1) is 19.7 Å². The number of hydrogen-bond donors (Lipinski definition) is 1. The topological polar surface area (TPSA) is 29.5 Å². The molecule has 1 atom stereocenters. The van der Waals surface area contributed by atoms with Crippen LogP contribution in [0.5, 0.6) is 5.75 Å². The van der Waals surface area contributed by atoms with Gasteiger partial charge in [-0.2, -0.15) is 0 Å². The highest BCUT2D eigenvalue weighted by atomic mass is 19.1. The third kappa shape index (κ3) is 2.41. The Morgan fingerprint density at radius 3 is 2.40 bits per heavy atom. The van der Waals surface area contributed by atoms with E-state index in [-0.39, 0.29) is 5.56 Å². The van der Waals surface area contributed by atoms with Gasteiger partial charge in [0, 0.05) is 11.1 Å². The number of aliphatic hydroxyl groups is 1. The Morgan fingerprint density at radius 1 is 1.15 bits per heavy atom. The SMILES string of the molecule is COc1cc(C)cc(C)c1C(C)(O)c1ccccc1F. The Labute approximate surface area is 118 Å². The molecule has 20 heavy (non-hydrogen) atoms. The quantitative estimate of drug-likeness (QED) is 0.924. The molecule has 0 saturated carbocycles. The number of benzene rings is 2. The van der Waals surface area contributed by atoms with Crippen LogP contribution >= 0.6 is 0 Å². The Balaban J connectivity index is 2.69. The van der Waals surface area contributed by atoms with Crippen molar-refractivity contribution in [1.29, 1.82) is 0 Å². The lowest BCUT2D eigenvalue weighted by atomic mass is 9.84. The smallest absolute Gasteiger partial charge is 0.129 e. The van der Waals surface area contributed by atoms with Crippen molar-refractivity contribution in [2.24, 2.45) is 0 Å². The lowest BCUT2D eigenvalue weighted by molar-refractivity contribution is 0.0940. The van der Waals surface area contributed by atoms with E-state index in [1.54, 1.807) is 32.2 Å². The van der Waals surface area contributed by atoms with Gasteiger partial charge in [-0.3, -0.25) is 0 Å². The van der Waals surface area contributed by atoms with Crippen LogP contribution in [0.2, 0.25) is 0 Å². The fraction of sp³-hybridized carbons (Fsp3) is 0.294. The van der Waals surface area contributed by atoms with Gasteiger partial charge in [0.25, 0.3) is 0 Å². The van der Waals surface area contributed by atoms with E-state index in [1.807, 2.05) is 26.0 Å². The zero-order valence-corrected chi connectivity index (χ0v) is 12.2. The molecule has 0 heterocycles. The number of halogens is 1. The largest absolute Gasteiger partial charge is 0.496 e. The first-order valence-electron chi connectivity index (χ1n) is 6.51. The molecule has 0 aliphatic heterocycles. The Morgan fingerprint density at radius 2 is 1.80 bits per heavy atom. The van der Waals surface area contributed by atoms with Crippen LogP contribution in [0.4, 0.5) is 4.39 Å². The molecule has 0 saturated heterocycles. The molecule has 0 bridgehead atoms. The second-order valence-corrected chi connectivity index (χ2v) is 5.21. The fourth-order valence-corrected chi connectivity index (χ4v) is 2.70. The summed E-state index contributed by atoms with van der Waals surface area (Å²) in [6.07, 6.45) is 0. The average molecular weight is 274 g/mol. The van der Waals surface area contributed by atoms with Crippen molar-refractivity contribution in [3.8, 4) is 5.75 Å². The first kappa shape index (κ1) is 14.5. The third-order valence-corrected chi connectivity index (χ3v) is 3.55. The van der Waals surface area contributed by atoms with E-state index in [4.69, 9.17) is 4.74 Å². The van der Waals surface area contributed by atoms with E-state index in [0.29, 0.717) is 11.3 Å². The van der Waals surface area contributed by atoms with E-state index in [9.17, 15) is 9.50 Å². The molecule has 0 fully saturated rings. The second-order valence-electron chi connectivity index (χ2n) is 5.21. The van der Waals surface area contributed by atoms with Gasteiger partial charge in [-0.1, -0.05) is 24.3 Å². The lowest BCUT2D eigenvalue weighted by Gasteiger charge is -2.28. The van der Waals surface area contributed by atoms with Crippen LogP contribution in [-0.2, 0) is 5.60 Å². The summed E-state index contributed by atoms with van der Waals surface area (Å²) in [5, 5.41) is 10.9.